The molecule has 25 heavy (non-hydrogen) atoms. The number of hydrogen-bond acceptors (Lipinski definition) is 4. The van der Waals surface area contributed by atoms with Gasteiger partial charge in [0.05, 0.1) is 18.4 Å². The van der Waals surface area contributed by atoms with Crippen molar-refractivity contribution in [2.24, 2.45) is 0 Å². The second-order valence-electron chi connectivity index (χ2n) is 5.84. The Morgan fingerprint density at radius 1 is 1.16 bits per heavy atom. The van der Waals surface area contributed by atoms with Crippen LogP contribution in [-0.2, 0) is 11.2 Å². The van der Waals surface area contributed by atoms with Crippen molar-refractivity contribution in [1.29, 1.82) is 0 Å². The second kappa shape index (κ2) is 7.88. The van der Waals surface area contributed by atoms with Crippen LogP contribution in [0.15, 0.2) is 24.3 Å². The van der Waals surface area contributed by atoms with E-state index in [1.54, 1.807) is 11.9 Å². The normalized spacial score (nSPS) is 10.4. The molecule has 0 spiro atoms. The lowest BCUT2D eigenvalue weighted by Crippen LogP contribution is -2.42. The number of anilines is 1. The number of carbonyl (C=O) groups excluding carboxylic acids is 2. The van der Waals surface area contributed by atoms with Crippen LogP contribution in [0.5, 0.6) is 0 Å². The molecule has 0 radical (unpaired) electrons. The van der Waals surface area contributed by atoms with Gasteiger partial charge in [-0.3, -0.25) is 15.2 Å². The molecule has 134 valence electrons. The van der Waals surface area contributed by atoms with E-state index in [1.165, 1.54) is 7.11 Å². The van der Waals surface area contributed by atoms with Gasteiger partial charge < -0.3 is 9.72 Å². The van der Waals surface area contributed by atoms with Gasteiger partial charge in [0.15, 0.2) is 0 Å². The highest BCUT2D eigenvalue weighted by Crippen LogP contribution is 2.21. The van der Waals surface area contributed by atoms with Crippen LogP contribution in [0.1, 0.15) is 51.5 Å². The molecule has 1 amide bonds. The van der Waals surface area contributed by atoms with E-state index >= 15 is 0 Å². The van der Waals surface area contributed by atoms with Gasteiger partial charge in [0.1, 0.15) is 5.69 Å². The van der Waals surface area contributed by atoms with Gasteiger partial charge in [0, 0.05) is 12.2 Å². The molecule has 0 saturated heterocycles. The third kappa shape index (κ3) is 3.84. The average molecular weight is 343 g/mol. The summed E-state index contributed by atoms with van der Waals surface area (Å²) in [6.45, 7) is 8.25. The summed E-state index contributed by atoms with van der Waals surface area (Å²) in [5, 5.41) is 1.77. The van der Waals surface area contributed by atoms with E-state index < -0.39 is 5.97 Å². The Labute approximate surface area is 148 Å². The number of esters is 1. The standard InChI is InChI=1S/C19H25N3O3/c1-6-15-16(19(24)25-5)13(4)17(20-15)18(23)21-22(7-2)14-10-8-12(3)9-11-14/h8-11,20H,6-7H2,1-5H3,(H,21,23). The van der Waals surface area contributed by atoms with Crippen molar-refractivity contribution in [3.8, 4) is 0 Å². The van der Waals surface area contributed by atoms with Gasteiger partial charge in [-0.25, -0.2) is 4.79 Å². The lowest BCUT2D eigenvalue weighted by Gasteiger charge is -2.23. The average Bonchev–Trinajstić information content (AvgIpc) is 2.96. The fourth-order valence-corrected chi connectivity index (χ4v) is 2.76. The number of hydrogen-bond donors (Lipinski definition) is 2. The highest BCUT2D eigenvalue weighted by Gasteiger charge is 2.24. The molecule has 0 aliphatic carbocycles. The van der Waals surface area contributed by atoms with Crippen LogP contribution < -0.4 is 10.4 Å². The topological polar surface area (TPSA) is 74.4 Å². The summed E-state index contributed by atoms with van der Waals surface area (Å²) in [5.41, 5.74) is 7.06. The molecule has 0 fully saturated rings. The molecule has 2 N–H and O–H groups in total. The molecule has 2 rings (SSSR count). The van der Waals surface area contributed by atoms with Gasteiger partial charge in [-0.1, -0.05) is 24.6 Å². The van der Waals surface area contributed by atoms with Gasteiger partial charge in [-0.05, 0) is 44.9 Å². The summed E-state index contributed by atoms with van der Waals surface area (Å²) < 4.78 is 4.83. The molecule has 1 aromatic heterocycles. The molecule has 0 aliphatic heterocycles. The van der Waals surface area contributed by atoms with E-state index in [1.807, 2.05) is 45.0 Å². The number of hydrazine groups is 1. The van der Waals surface area contributed by atoms with Crippen LogP contribution in [0.4, 0.5) is 5.69 Å². The second-order valence-corrected chi connectivity index (χ2v) is 5.84. The Balaban J connectivity index is 2.29. The largest absolute Gasteiger partial charge is 0.465 e. The minimum Gasteiger partial charge on any atom is -0.465 e. The number of aromatic amines is 1. The third-order valence-corrected chi connectivity index (χ3v) is 4.20. The predicted octanol–water partition coefficient (Wildman–Crippen LogP) is 3.15. The monoisotopic (exact) mass is 343 g/mol. The van der Waals surface area contributed by atoms with E-state index in [2.05, 4.69) is 10.4 Å². The number of nitrogens with zero attached hydrogens (tertiary/aromatic N) is 1. The van der Waals surface area contributed by atoms with Crippen LogP contribution in [-0.4, -0.2) is 30.5 Å². The smallest absolute Gasteiger partial charge is 0.339 e. The first-order chi connectivity index (χ1) is 11.9. The number of amides is 1. The molecular formula is C19H25N3O3. The quantitative estimate of drug-likeness (QED) is 0.624. The zero-order chi connectivity index (χ0) is 18.6. The highest BCUT2D eigenvalue weighted by molar-refractivity contribution is 6.01. The Bertz CT molecular complexity index is 763. The van der Waals surface area contributed by atoms with Gasteiger partial charge >= 0.3 is 5.97 Å². The van der Waals surface area contributed by atoms with Crippen LogP contribution in [0.25, 0.3) is 0 Å². The molecular weight excluding hydrogens is 318 g/mol. The predicted molar refractivity (Wildman–Crippen MR) is 97.9 cm³/mol. The van der Waals surface area contributed by atoms with Crippen LogP contribution >= 0.6 is 0 Å². The van der Waals surface area contributed by atoms with E-state index in [9.17, 15) is 9.59 Å². The Morgan fingerprint density at radius 3 is 2.32 bits per heavy atom. The van der Waals surface area contributed by atoms with E-state index in [-0.39, 0.29) is 5.91 Å². The molecule has 0 atom stereocenters. The van der Waals surface area contributed by atoms with Crippen molar-refractivity contribution >= 4 is 17.6 Å². The van der Waals surface area contributed by atoms with E-state index in [0.29, 0.717) is 35.5 Å². The van der Waals surface area contributed by atoms with E-state index in [0.717, 1.165) is 11.3 Å². The van der Waals surface area contributed by atoms with Crippen molar-refractivity contribution < 1.29 is 14.3 Å². The molecule has 1 heterocycles. The fourth-order valence-electron chi connectivity index (χ4n) is 2.76. The van der Waals surface area contributed by atoms with Crippen LogP contribution in [0.2, 0.25) is 0 Å². The first kappa shape index (κ1) is 18.6. The number of aryl methyl sites for hydroxylation is 2. The third-order valence-electron chi connectivity index (χ3n) is 4.20. The maximum absolute atomic E-state index is 12.7. The van der Waals surface area contributed by atoms with Crippen molar-refractivity contribution in [3.05, 3.63) is 52.3 Å². The lowest BCUT2D eigenvalue weighted by molar-refractivity contribution is 0.0599. The van der Waals surface area contributed by atoms with Gasteiger partial charge in [-0.15, -0.1) is 0 Å². The Morgan fingerprint density at radius 2 is 1.80 bits per heavy atom. The SMILES string of the molecule is CCc1[nH]c(C(=O)NN(CC)c2ccc(C)cc2)c(C)c1C(=O)OC. The maximum atomic E-state index is 12.7. The number of H-pyrrole nitrogens is 1. The summed E-state index contributed by atoms with van der Waals surface area (Å²) in [6.07, 6.45) is 0.605. The highest BCUT2D eigenvalue weighted by atomic mass is 16.5. The van der Waals surface area contributed by atoms with Gasteiger partial charge in [-0.2, -0.15) is 0 Å². The summed E-state index contributed by atoms with van der Waals surface area (Å²) in [6, 6.07) is 7.90. The van der Waals surface area contributed by atoms with Crippen molar-refractivity contribution in [1.82, 2.24) is 10.4 Å². The summed E-state index contributed by atoms with van der Waals surface area (Å²) in [5.74, 6) is -0.722. The minimum atomic E-state index is -0.435. The minimum absolute atomic E-state index is 0.287. The summed E-state index contributed by atoms with van der Waals surface area (Å²) >= 11 is 0. The Hall–Kier alpha value is -2.76. The fraction of sp³-hybridized carbons (Fsp3) is 0.368. The number of rotatable bonds is 6. The van der Waals surface area contributed by atoms with Crippen molar-refractivity contribution in [3.63, 3.8) is 0 Å². The van der Waals surface area contributed by atoms with Crippen molar-refractivity contribution in [2.75, 3.05) is 18.7 Å². The number of nitrogens with one attached hydrogen (secondary N) is 2. The number of benzene rings is 1. The molecule has 6 heteroatoms. The molecule has 0 saturated carbocycles. The molecule has 0 unspecified atom stereocenters. The maximum Gasteiger partial charge on any atom is 0.339 e. The molecule has 0 bridgehead atoms. The first-order valence-electron chi connectivity index (χ1n) is 8.37. The zero-order valence-corrected chi connectivity index (χ0v) is 15.4. The van der Waals surface area contributed by atoms with Crippen LogP contribution in [0.3, 0.4) is 0 Å². The molecule has 6 nitrogen and oxygen atoms in total. The summed E-state index contributed by atoms with van der Waals surface area (Å²) in [7, 11) is 1.34. The number of methoxy groups -OCH3 is 1. The number of aromatic nitrogens is 1. The number of carbonyl (C=O) groups is 2. The lowest BCUT2D eigenvalue weighted by atomic mass is 10.1. The summed E-state index contributed by atoms with van der Waals surface area (Å²) in [4.78, 5) is 27.8. The molecule has 1 aromatic carbocycles. The van der Waals surface area contributed by atoms with E-state index in [4.69, 9.17) is 4.74 Å². The van der Waals surface area contributed by atoms with Gasteiger partial charge in [0.2, 0.25) is 0 Å². The van der Waals surface area contributed by atoms with Gasteiger partial charge in [0.25, 0.3) is 5.91 Å². The molecule has 2 aromatic rings. The van der Waals surface area contributed by atoms with Crippen molar-refractivity contribution in [2.45, 2.75) is 34.1 Å². The first-order valence-corrected chi connectivity index (χ1v) is 8.37. The Kier molecular flexibility index (Phi) is 5.85. The van der Waals surface area contributed by atoms with Crippen LogP contribution in [0, 0.1) is 13.8 Å². The molecule has 0 aliphatic rings. The zero-order valence-electron chi connectivity index (χ0n) is 15.4. The number of ether oxygens (including phenoxy) is 1.